The third-order valence-corrected chi connectivity index (χ3v) is 10.0. The highest BCUT2D eigenvalue weighted by atomic mass is 35.5. The molecule has 0 saturated carbocycles. The topological polar surface area (TPSA) is 148 Å². The third kappa shape index (κ3) is 6.97. The summed E-state index contributed by atoms with van der Waals surface area (Å²) in [7, 11) is -3.64. The summed E-state index contributed by atoms with van der Waals surface area (Å²) < 4.78 is 73.8. The minimum Gasteiger partial charge on any atom is -0.480 e. The summed E-state index contributed by atoms with van der Waals surface area (Å²) in [4.78, 5) is 21.7. The van der Waals surface area contributed by atoms with Crippen molar-refractivity contribution in [2.45, 2.75) is 61.9 Å². The van der Waals surface area contributed by atoms with Gasteiger partial charge in [0.25, 0.3) is 0 Å². The molecular formula is C30H33ClF3N5O5S. The summed E-state index contributed by atoms with van der Waals surface area (Å²) in [5.41, 5.74) is 5.66. The number of rotatable bonds is 8. The first-order chi connectivity index (χ1) is 21.1. The molecule has 4 N–H and O–H groups in total. The van der Waals surface area contributed by atoms with Gasteiger partial charge in [-0.25, -0.2) is 8.42 Å². The quantitative estimate of drug-likeness (QED) is 0.290. The van der Waals surface area contributed by atoms with Crippen LogP contribution in [0.2, 0.25) is 5.02 Å². The molecule has 2 fully saturated rings. The van der Waals surface area contributed by atoms with E-state index in [1.54, 1.807) is 0 Å². The molecule has 242 valence electrons. The molecule has 0 aliphatic carbocycles. The van der Waals surface area contributed by atoms with E-state index in [0.29, 0.717) is 38.2 Å². The van der Waals surface area contributed by atoms with Crippen molar-refractivity contribution in [1.29, 1.82) is 0 Å². The molecule has 0 bridgehead atoms. The van der Waals surface area contributed by atoms with Gasteiger partial charge in [0.15, 0.2) is 9.84 Å². The average Bonchev–Trinajstić information content (AvgIpc) is 3.33. The molecule has 0 radical (unpaired) electrons. The number of carboxylic acids is 1. The lowest BCUT2D eigenvalue weighted by Crippen LogP contribution is -2.46. The molecule has 10 nitrogen and oxygen atoms in total. The lowest BCUT2D eigenvalue weighted by atomic mass is 9.71. The Hall–Kier alpha value is -3.62. The van der Waals surface area contributed by atoms with Crippen molar-refractivity contribution in [1.82, 2.24) is 15.3 Å². The van der Waals surface area contributed by atoms with Gasteiger partial charge >= 0.3 is 12.1 Å². The number of hydrogen-bond donors (Lipinski definition) is 3. The Morgan fingerprint density at radius 3 is 2.53 bits per heavy atom. The lowest BCUT2D eigenvalue weighted by Gasteiger charge is -2.43. The predicted octanol–water partition coefficient (Wildman–Crippen LogP) is 5.28. The molecule has 2 unspecified atom stereocenters. The number of hydrogen-bond acceptors (Lipinski definition) is 9. The van der Waals surface area contributed by atoms with Crippen LogP contribution in [0.4, 0.5) is 24.9 Å². The number of ether oxygens (including phenoxy) is 1. The number of alkyl halides is 3. The van der Waals surface area contributed by atoms with Crippen molar-refractivity contribution in [3.63, 3.8) is 0 Å². The van der Waals surface area contributed by atoms with Crippen molar-refractivity contribution >= 4 is 39.2 Å². The number of nitrogens with zero attached hydrogens (tertiary/aromatic N) is 3. The van der Waals surface area contributed by atoms with Crippen LogP contribution in [0.5, 0.6) is 5.88 Å². The van der Waals surface area contributed by atoms with Gasteiger partial charge in [0.05, 0.1) is 4.90 Å². The molecule has 2 aliphatic rings. The molecule has 3 aromatic rings. The number of piperidine rings is 1. The summed E-state index contributed by atoms with van der Waals surface area (Å²) >= 11 is 6.17. The summed E-state index contributed by atoms with van der Waals surface area (Å²) in [6.45, 7) is 2.98. The number of halogens is 4. The normalized spacial score (nSPS) is 20.7. The standard InChI is InChI=1S/C30H33ClF3N5O5S/c1-3-23-29(16-22(36-23)27(40)41)9-11-39(12-10-29)24-15-25(38-28(35)37-24)44-26(30(32,33)34)20-8-7-18(31)14-21(20)17-5-4-6-19(13-17)45(2,42)43/h4-8,13-15,22-23,26,36H,3,9-12,16H2,1-2H3,(H,40,41)(H2,35,37,38)/t22?,23?,26-/m1/s1. The Kier molecular flexibility index (Phi) is 8.95. The molecule has 5 rings (SSSR count). The van der Waals surface area contributed by atoms with Crippen LogP contribution in [0.1, 0.15) is 44.3 Å². The first-order valence-electron chi connectivity index (χ1n) is 14.3. The smallest absolute Gasteiger partial charge is 0.429 e. The fraction of sp³-hybridized carbons (Fsp3) is 0.433. The first-order valence-corrected chi connectivity index (χ1v) is 16.6. The van der Waals surface area contributed by atoms with E-state index in [4.69, 9.17) is 22.1 Å². The molecule has 3 heterocycles. The van der Waals surface area contributed by atoms with Gasteiger partial charge in [-0.2, -0.15) is 23.1 Å². The lowest BCUT2D eigenvalue weighted by molar-refractivity contribution is -0.198. The molecule has 2 aromatic carbocycles. The van der Waals surface area contributed by atoms with Gasteiger partial charge in [0, 0.05) is 42.0 Å². The summed E-state index contributed by atoms with van der Waals surface area (Å²) in [5, 5.41) is 12.9. The Morgan fingerprint density at radius 2 is 1.91 bits per heavy atom. The second kappa shape index (κ2) is 12.3. The fourth-order valence-corrected chi connectivity index (χ4v) is 7.29. The number of aromatic nitrogens is 2. The highest BCUT2D eigenvalue weighted by Gasteiger charge is 2.50. The summed E-state index contributed by atoms with van der Waals surface area (Å²) in [6, 6.07) is 10.1. The monoisotopic (exact) mass is 667 g/mol. The van der Waals surface area contributed by atoms with Crippen LogP contribution in [-0.4, -0.2) is 67.1 Å². The number of nitrogens with one attached hydrogen (secondary N) is 1. The van der Waals surface area contributed by atoms with Gasteiger partial charge in [0.1, 0.15) is 11.9 Å². The van der Waals surface area contributed by atoms with E-state index in [2.05, 4.69) is 15.3 Å². The van der Waals surface area contributed by atoms with Crippen molar-refractivity contribution in [2.75, 3.05) is 30.0 Å². The second-order valence-corrected chi connectivity index (χ2v) is 14.0. The molecule has 1 spiro atoms. The predicted molar refractivity (Wildman–Crippen MR) is 163 cm³/mol. The molecule has 3 atom stereocenters. The molecule has 2 saturated heterocycles. The van der Waals surface area contributed by atoms with Gasteiger partial charge in [-0.15, -0.1) is 0 Å². The van der Waals surface area contributed by atoms with Gasteiger partial charge < -0.3 is 25.8 Å². The number of nitrogen functional groups attached to an aromatic ring is 1. The Morgan fingerprint density at radius 1 is 1.20 bits per heavy atom. The molecular weight excluding hydrogens is 635 g/mol. The van der Waals surface area contributed by atoms with E-state index >= 15 is 0 Å². The van der Waals surface area contributed by atoms with E-state index in [0.717, 1.165) is 12.7 Å². The van der Waals surface area contributed by atoms with Crippen LogP contribution in [-0.2, 0) is 14.6 Å². The Labute approximate surface area is 263 Å². The van der Waals surface area contributed by atoms with E-state index in [-0.39, 0.29) is 44.0 Å². The van der Waals surface area contributed by atoms with Gasteiger partial charge in [-0.05, 0) is 66.5 Å². The highest BCUT2D eigenvalue weighted by Crippen LogP contribution is 2.46. The van der Waals surface area contributed by atoms with Gasteiger partial charge in [-0.1, -0.05) is 36.7 Å². The van der Waals surface area contributed by atoms with Gasteiger partial charge in [0.2, 0.25) is 17.9 Å². The zero-order valence-electron chi connectivity index (χ0n) is 24.5. The maximum atomic E-state index is 14.7. The van der Waals surface area contributed by atoms with Crippen LogP contribution in [0.25, 0.3) is 11.1 Å². The molecule has 15 heteroatoms. The molecule has 0 amide bonds. The summed E-state index contributed by atoms with van der Waals surface area (Å²) in [6.07, 6.45) is -3.83. The maximum absolute atomic E-state index is 14.7. The first kappa shape index (κ1) is 32.8. The van der Waals surface area contributed by atoms with Crippen LogP contribution in [0, 0.1) is 5.41 Å². The number of aliphatic carboxylic acids is 1. The number of anilines is 2. The SMILES string of the molecule is CCC1NC(C(=O)O)CC12CCN(c1cc(O[C@H](c3ccc(Cl)cc3-c3cccc(S(C)(=O)=O)c3)C(F)(F)F)nc(N)n1)CC2. The van der Waals surface area contributed by atoms with E-state index in [1.807, 2.05) is 11.8 Å². The van der Waals surface area contributed by atoms with Crippen LogP contribution >= 0.6 is 11.6 Å². The number of carbonyl (C=O) groups is 1. The third-order valence-electron chi connectivity index (χ3n) is 8.66. The van der Waals surface area contributed by atoms with E-state index in [1.165, 1.54) is 48.5 Å². The van der Waals surface area contributed by atoms with E-state index in [9.17, 15) is 31.5 Å². The van der Waals surface area contributed by atoms with Crippen LogP contribution in [0.15, 0.2) is 53.4 Å². The van der Waals surface area contributed by atoms with Gasteiger partial charge in [-0.3, -0.25) is 4.79 Å². The fourth-order valence-electron chi connectivity index (χ4n) is 6.45. The maximum Gasteiger partial charge on any atom is 0.429 e. The molecule has 45 heavy (non-hydrogen) atoms. The number of nitrogens with two attached hydrogens (primary N) is 1. The molecule has 1 aromatic heterocycles. The number of sulfone groups is 1. The zero-order chi connectivity index (χ0) is 32.7. The van der Waals surface area contributed by atoms with Crippen molar-refractivity contribution in [3.8, 4) is 17.0 Å². The second-order valence-electron chi connectivity index (χ2n) is 11.6. The van der Waals surface area contributed by atoms with Crippen molar-refractivity contribution in [2.24, 2.45) is 5.41 Å². The van der Waals surface area contributed by atoms with Crippen molar-refractivity contribution in [3.05, 3.63) is 59.1 Å². The Balaban J connectivity index is 1.44. The zero-order valence-corrected chi connectivity index (χ0v) is 26.1. The number of carboxylic acid groups (broad SMARTS) is 1. The minimum atomic E-state index is -4.92. The Bertz CT molecular complexity index is 1700. The summed E-state index contributed by atoms with van der Waals surface area (Å²) in [5.74, 6) is -1.27. The average molecular weight is 668 g/mol. The van der Waals surface area contributed by atoms with Crippen LogP contribution in [0.3, 0.4) is 0 Å². The number of benzene rings is 2. The largest absolute Gasteiger partial charge is 0.480 e. The van der Waals surface area contributed by atoms with E-state index < -0.39 is 40.0 Å². The minimum absolute atomic E-state index is 0.0363. The molecule has 2 aliphatic heterocycles. The van der Waals surface area contributed by atoms with Crippen LogP contribution < -0.4 is 20.7 Å². The highest BCUT2D eigenvalue weighted by molar-refractivity contribution is 7.90. The van der Waals surface area contributed by atoms with Crippen molar-refractivity contribution < 1.29 is 36.2 Å².